The fourth-order valence-corrected chi connectivity index (χ4v) is 3.65. The van der Waals surface area contributed by atoms with Gasteiger partial charge < -0.3 is 4.90 Å². The Hall–Kier alpha value is -3.53. The van der Waals surface area contributed by atoms with Crippen LogP contribution in [-0.4, -0.2) is 29.6 Å². The SMILES string of the molecule is CN(C)C1=C(c2ccccc2)C(c2ccccc2)=N[N+](=O)C1c1ccccc1. The molecule has 1 unspecified atom stereocenters. The lowest BCUT2D eigenvalue weighted by Gasteiger charge is -2.27. The van der Waals surface area contributed by atoms with Crippen LogP contribution in [0.2, 0.25) is 0 Å². The summed E-state index contributed by atoms with van der Waals surface area (Å²) in [4.78, 5) is 16.0. The number of nitroso groups, excluding NO2 is 1. The van der Waals surface area contributed by atoms with Gasteiger partial charge in [-0.2, -0.15) is 0 Å². The molecule has 28 heavy (non-hydrogen) atoms. The van der Waals surface area contributed by atoms with Crippen LogP contribution in [0, 0.1) is 4.91 Å². The van der Waals surface area contributed by atoms with Crippen LogP contribution in [0.5, 0.6) is 0 Å². The Balaban J connectivity index is 2.01. The van der Waals surface area contributed by atoms with Crippen LogP contribution in [0.25, 0.3) is 5.57 Å². The molecule has 0 amide bonds. The van der Waals surface area contributed by atoms with E-state index in [0.29, 0.717) is 5.71 Å². The number of rotatable bonds is 4. The molecule has 1 atom stereocenters. The van der Waals surface area contributed by atoms with E-state index in [1.807, 2.05) is 97.9 Å². The molecule has 138 valence electrons. The average molecular weight is 368 g/mol. The van der Waals surface area contributed by atoms with Gasteiger partial charge in [0.25, 0.3) is 0 Å². The quantitative estimate of drug-likeness (QED) is 0.614. The zero-order chi connectivity index (χ0) is 19.5. The third-order valence-corrected chi connectivity index (χ3v) is 4.88. The Kier molecular flexibility index (Phi) is 4.85. The number of benzene rings is 3. The van der Waals surface area contributed by atoms with Crippen LogP contribution in [-0.2, 0) is 0 Å². The maximum absolute atomic E-state index is 13.1. The highest BCUT2D eigenvalue weighted by Gasteiger charge is 2.42. The van der Waals surface area contributed by atoms with Crippen molar-refractivity contribution in [2.45, 2.75) is 6.04 Å². The first-order chi connectivity index (χ1) is 13.7. The van der Waals surface area contributed by atoms with E-state index in [9.17, 15) is 4.91 Å². The molecule has 3 aromatic rings. The van der Waals surface area contributed by atoms with E-state index in [2.05, 4.69) is 17.2 Å². The highest BCUT2D eigenvalue weighted by atomic mass is 16.3. The normalized spacial score (nSPS) is 16.7. The predicted molar refractivity (Wildman–Crippen MR) is 113 cm³/mol. The van der Waals surface area contributed by atoms with Gasteiger partial charge in [0, 0.05) is 30.8 Å². The minimum Gasteiger partial charge on any atom is -0.374 e. The van der Waals surface area contributed by atoms with Crippen LogP contribution in [0.4, 0.5) is 0 Å². The lowest BCUT2D eigenvalue weighted by atomic mass is 9.88. The van der Waals surface area contributed by atoms with Crippen LogP contribution >= 0.6 is 0 Å². The summed E-state index contributed by atoms with van der Waals surface area (Å²) in [5.74, 6) is 0. The van der Waals surface area contributed by atoms with Gasteiger partial charge in [-0.05, 0) is 5.56 Å². The lowest BCUT2D eigenvalue weighted by Crippen LogP contribution is -2.31. The van der Waals surface area contributed by atoms with E-state index in [4.69, 9.17) is 0 Å². The molecular weight excluding hydrogens is 346 g/mol. The molecule has 4 nitrogen and oxygen atoms in total. The molecule has 0 spiro atoms. The van der Waals surface area contributed by atoms with E-state index < -0.39 is 6.04 Å². The Morgan fingerprint density at radius 2 is 1.25 bits per heavy atom. The van der Waals surface area contributed by atoms with Crippen molar-refractivity contribution in [3.63, 3.8) is 0 Å². The number of hydrogen-bond donors (Lipinski definition) is 0. The molecule has 1 aliphatic rings. The van der Waals surface area contributed by atoms with Crippen LogP contribution in [0.1, 0.15) is 22.7 Å². The second kappa shape index (κ2) is 7.61. The van der Waals surface area contributed by atoms with Gasteiger partial charge in [-0.25, -0.2) is 0 Å². The number of hydrazone groups is 1. The molecular formula is C24H22N3O+. The van der Waals surface area contributed by atoms with Gasteiger partial charge in [-0.3, -0.25) is 0 Å². The molecule has 4 heteroatoms. The monoisotopic (exact) mass is 368 g/mol. The van der Waals surface area contributed by atoms with Crippen molar-refractivity contribution in [1.29, 1.82) is 0 Å². The molecule has 3 aromatic carbocycles. The number of allylic oxidation sites excluding steroid dienone is 1. The van der Waals surface area contributed by atoms with Crippen molar-refractivity contribution >= 4 is 11.3 Å². The predicted octanol–water partition coefficient (Wildman–Crippen LogP) is 4.90. The van der Waals surface area contributed by atoms with Gasteiger partial charge in [-0.1, -0.05) is 91.0 Å². The zero-order valence-corrected chi connectivity index (χ0v) is 16.0. The fraction of sp³-hybridized carbons (Fsp3) is 0.125. The fourth-order valence-electron chi connectivity index (χ4n) is 3.65. The largest absolute Gasteiger partial charge is 0.374 e. The molecule has 0 saturated carbocycles. The van der Waals surface area contributed by atoms with Crippen LogP contribution in [0.15, 0.2) is 102 Å². The summed E-state index contributed by atoms with van der Waals surface area (Å²) in [7, 11) is 3.96. The highest BCUT2D eigenvalue weighted by molar-refractivity contribution is 6.32. The third-order valence-electron chi connectivity index (χ3n) is 4.88. The van der Waals surface area contributed by atoms with Gasteiger partial charge in [0.2, 0.25) is 0 Å². The Labute approximate surface area is 165 Å². The third kappa shape index (κ3) is 3.25. The lowest BCUT2D eigenvalue weighted by molar-refractivity contribution is -0.591. The molecule has 0 aliphatic carbocycles. The minimum atomic E-state index is -0.501. The molecule has 0 saturated heterocycles. The van der Waals surface area contributed by atoms with Gasteiger partial charge in [0.15, 0.2) is 10.6 Å². The molecule has 0 bridgehead atoms. The summed E-state index contributed by atoms with van der Waals surface area (Å²) in [6.07, 6.45) is 0. The first kappa shape index (κ1) is 17.9. The smallest absolute Gasteiger partial charge is 0.302 e. The second-order valence-electron chi connectivity index (χ2n) is 6.95. The standard InChI is InChI=1S/C24H22N3O/c1-26(2)24-21(18-12-6-3-7-13-18)22(19-14-8-4-9-15-19)25-27(28)23(24)20-16-10-5-11-17-20/h3-17,23H,1-2H3/q+1. The van der Waals surface area contributed by atoms with E-state index in [0.717, 1.165) is 32.8 Å². The maximum Gasteiger partial charge on any atom is 0.302 e. The van der Waals surface area contributed by atoms with E-state index in [1.54, 1.807) is 0 Å². The van der Waals surface area contributed by atoms with Crippen molar-refractivity contribution in [1.82, 2.24) is 4.90 Å². The van der Waals surface area contributed by atoms with E-state index in [-0.39, 0.29) is 0 Å². The summed E-state index contributed by atoms with van der Waals surface area (Å²) in [5.41, 5.74) is 5.50. The first-order valence-corrected chi connectivity index (χ1v) is 9.29. The van der Waals surface area contributed by atoms with Crippen LogP contribution < -0.4 is 0 Å². The van der Waals surface area contributed by atoms with Gasteiger partial charge in [0.05, 0.1) is 10.0 Å². The van der Waals surface area contributed by atoms with Crippen LogP contribution in [0.3, 0.4) is 0 Å². The van der Waals surface area contributed by atoms with Crippen molar-refractivity contribution in [2.75, 3.05) is 14.1 Å². The Morgan fingerprint density at radius 1 is 0.750 bits per heavy atom. The van der Waals surface area contributed by atoms with E-state index in [1.165, 1.54) is 0 Å². The summed E-state index contributed by atoms with van der Waals surface area (Å²) >= 11 is 0. The number of likely N-dealkylation sites (N-methyl/N-ethyl adjacent to an activating group) is 1. The van der Waals surface area contributed by atoms with Crippen molar-refractivity contribution in [3.8, 4) is 0 Å². The van der Waals surface area contributed by atoms with Crippen molar-refractivity contribution < 1.29 is 4.87 Å². The molecule has 0 aromatic heterocycles. The Morgan fingerprint density at radius 3 is 1.79 bits per heavy atom. The molecule has 4 rings (SSSR count). The maximum atomic E-state index is 13.1. The van der Waals surface area contributed by atoms with Gasteiger partial charge in [-0.15, -0.1) is 0 Å². The minimum absolute atomic E-state index is 0.501. The van der Waals surface area contributed by atoms with Gasteiger partial charge in [0.1, 0.15) is 5.70 Å². The topological polar surface area (TPSA) is 35.7 Å². The summed E-state index contributed by atoms with van der Waals surface area (Å²) in [5, 5.41) is 4.51. The molecule has 0 radical (unpaired) electrons. The summed E-state index contributed by atoms with van der Waals surface area (Å²) in [6.45, 7) is 0. The molecule has 1 heterocycles. The first-order valence-electron chi connectivity index (χ1n) is 9.29. The summed E-state index contributed by atoms with van der Waals surface area (Å²) in [6, 6.07) is 29.4. The zero-order valence-electron chi connectivity index (χ0n) is 16.0. The van der Waals surface area contributed by atoms with Gasteiger partial charge >= 0.3 is 6.04 Å². The summed E-state index contributed by atoms with van der Waals surface area (Å²) < 4.78 is 0. The number of nitrogens with zero attached hydrogens (tertiary/aromatic N) is 3. The van der Waals surface area contributed by atoms with Crippen molar-refractivity contribution in [3.05, 3.63) is 118 Å². The molecule has 1 aliphatic heterocycles. The average Bonchev–Trinajstić information content (AvgIpc) is 2.74. The van der Waals surface area contributed by atoms with Crippen molar-refractivity contribution in [2.24, 2.45) is 5.10 Å². The Bertz CT molecular complexity index is 1040. The molecule has 0 N–H and O–H groups in total. The second-order valence-corrected chi connectivity index (χ2v) is 6.95. The number of hydrogen-bond acceptors (Lipinski definition) is 2. The molecule has 0 fully saturated rings. The van der Waals surface area contributed by atoms with E-state index >= 15 is 0 Å². The highest BCUT2D eigenvalue weighted by Crippen LogP contribution is 2.38.